The fraction of sp³-hybridized carbons (Fsp3) is 0.391. The van der Waals surface area contributed by atoms with Crippen LogP contribution >= 0.6 is 0 Å². The molecule has 2 aromatic carbocycles. The minimum absolute atomic E-state index is 0.0646. The van der Waals surface area contributed by atoms with Gasteiger partial charge in [0.15, 0.2) is 0 Å². The Bertz CT molecular complexity index is 895. The van der Waals surface area contributed by atoms with Crippen LogP contribution in [0.3, 0.4) is 0 Å². The summed E-state index contributed by atoms with van der Waals surface area (Å²) in [5.41, 5.74) is 2.37. The molecule has 0 saturated carbocycles. The van der Waals surface area contributed by atoms with Gasteiger partial charge in [0.1, 0.15) is 11.6 Å². The summed E-state index contributed by atoms with van der Waals surface area (Å²) in [4.78, 5) is 15.4. The molecular formula is C23H25F2N3O. The smallest absolute Gasteiger partial charge is 0.257 e. The summed E-state index contributed by atoms with van der Waals surface area (Å²) in [6, 6.07) is 12.4. The Hall–Kier alpha value is -2.60. The highest BCUT2D eigenvalue weighted by Crippen LogP contribution is 2.33. The number of hydrazone groups is 1. The zero-order valence-corrected chi connectivity index (χ0v) is 16.5. The third kappa shape index (κ3) is 4.37. The van der Waals surface area contributed by atoms with Gasteiger partial charge >= 0.3 is 0 Å². The summed E-state index contributed by atoms with van der Waals surface area (Å²) in [5.74, 6) is -0.689. The van der Waals surface area contributed by atoms with Crippen molar-refractivity contribution in [3.8, 4) is 0 Å². The van der Waals surface area contributed by atoms with E-state index in [0.29, 0.717) is 19.0 Å². The zero-order valence-electron chi connectivity index (χ0n) is 16.5. The maximum absolute atomic E-state index is 13.4. The van der Waals surface area contributed by atoms with Crippen molar-refractivity contribution in [1.82, 2.24) is 9.91 Å². The molecule has 1 amide bonds. The molecule has 0 radical (unpaired) electrons. The highest BCUT2D eigenvalue weighted by Gasteiger charge is 2.34. The van der Waals surface area contributed by atoms with Crippen molar-refractivity contribution in [1.29, 1.82) is 0 Å². The maximum atomic E-state index is 13.4. The van der Waals surface area contributed by atoms with Crippen LogP contribution in [0.15, 0.2) is 53.6 Å². The lowest BCUT2D eigenvalue weighted by Crippen LogP contribution is -2.44. The van der Waals surface area contributed by atoms with Crippen molar-refractivity contribution in [2.45, 2.75) is 44.7 Å². The van der Waals surface area contributed by atoms with Gasteiger partial charge in [0.05, 0.1) is 18.3 Å². The van der Waals surface area contributed by atoms with Crippen molar-refractivity contribution in [2.24, 2.45) is 5.10 Å². The molecule has 0 bridgehead atoms. The van der Waals surface area contributed by atoms with Crippen molar-refractivity contribution in [3.63, 3.8) is 0 Å². The van der Waals surface area contributed by atoms with E-state index in [1.165, 1.54) is 35.7 Å². The molecule has 2 unspecified atom stereocenters. The molecule has 0 aromatic heterocycles. The van der Waals surface area contributed by atoms with E-state index >= 15 is 0 Å². The lowest BCUT2D eigenvalue weighted by molar-refractivity contribution is -0.135. The number of hydrogen-bond acceptors (Lipinski definition) is 3. The summed E-state index contributed by atoms with van der Waals surface area (Å²) in [7, 11) is 0. The maximum Gasteiger partial charge on any atom is 0.257 e. The first-order chi connectivity index (χ1) is 14.0. The summed E-state index contributed by atoms with van der Waals surface area (Å²) in [6.07, 6.45) is 3.90. The van der Waals surface area contributed by atoms with Gasteiger partial charge in [-0.2, -0.15) is 5.10 Å². The monoisotopic (exact) mass is 397 g/mol. The van der Waals surface area contributed by atoms with Crippen molar-refractivity contribution in [3.05, 3.63) is 71.3 Å². The number of amides is 1. The van der Waals surface area contributed by atoms with E-state index in [9.17, 15) is 13.6 Å². The lowest BCUT2D eigenvalue weighted by Gasteiger charge is -2.34. The van der Waals surface area contributed by atoms with Crippen LogP contribution in [0.2, 0.25) is 0 Å². The van der Waals surface area contributed by atoms with Crippen LogP contribution < -0.4 is 0 Å². The van der Waals surface area contributed by atoms with Crippen LogP contribution in [0.5, 0.6) is 0 Å². The third-order valence-electron chi connectivity index (χ3n) is 5.88. The Morgan fingerprint density at radius 2 is 1.69 bits per heavy atom. The molecule has 2 heterocycles. The molecule has 4 nitrogen and oxygen atoms in total. The summed E-state index contributed by atoms with van der Waals surface area (Å²) >= 11 is 0. The second-order valence-electron chi connectivity index (χ2n) is 7.88. The minimum atomic E-state index is -0.313. The van der Waals surface area contributed by atoms with E-state index < -0.39 is 0 Å². The second kappa shape index (κ2) is 8.41. The zero-order chi connectivity index (χ0) is 20.4. The van der Waals surface area contributed by atoms with Crippen molar-refractivity contribution in [2.75, 3.05) is 13.1 Å². The van der Waals surface area contributed by atoms with Gasteiger partial charge in [-0.05, 0) is 61.7 Å². The van der Waals surface area contributed by atoms with Crippen LogP contribution in [-0.4, -0.2) is 40.7 Å². The van der Waals surface area contributed by atoms with Gasteiger partial charge in [-0.25, -0.2) is 13.8 Å². The summed E-state index contributed by atoms with van der Waals surface area (Å²) < 4.78 is 26.7. The topological polar surface area (TPSA) is 35.9 Å². The van der Waals surface area contributed by atoms with Gasteiger partial charge in [0.2, 0.25) is 0 Å². The van der Waals surface area contributed by atoms with Crippen LogP contribution in [0.25, 0.3) is 0 Å². The molecule has 0 N–H and O–H groups in total. The molecule has 0 aliphatic carbocycles. The third-order valence-corrected chi connectivity index (χ3v) is 5.88. The fourth-order valence-electron chi connectivity index (χ4n) is 4.14. The predicted molar refractivity (Wildman–Crippen MR) is 108 cm³/mol. The number of likely N-dealkylation sites (tertiary alicyclic amines) is 1. The Labute approximate surface area is 169 Å². The van der Waals surface area contributed by atoms with Gasteiger partial charge in [-0.3, -0.25) is 9.69 Å². The van der Waals surface area contributed by atoms with Crippen LogP contribution in [0.4, 0.5) is 8.78 Å². The normalized spacial score (nSPS) is 22.6. The SMILES string of the molecule is CC1CCCCN1CC(=O)N1N=C(c2ccc(F)cc2)CC1c1ccc(F)cc1. The average Bonchev–Trinajstić information content (AvgIpc) is 3.16. The first kappa shape index (κ1) is 19.7. The predicted octanol–water partition coefficient (Wildman–Crippen LogP) is 4.52. The molecule has 2 aliphatic rings. The first-order valence-electron chi connectivity index (χ1n) is 10.2. The number of benzene rings is 2. The molecular weight excluding hydrogens is 372 g/mol. The van der Waals surface area contributed by atoms with Crippen LogP contribution in [0, 0.1) is 11.6 Å². The Morgan fingerprint density at radius 1 is 1.03 bits per heavy atom. The number of nitrogens with zero attached hydrogens (tertiary/aromatic N) is 3. The molecule has 29 heavy (non-hydrogen) atoms. The van der Waals surface area contributed by atoms with E-state index in [-0.39, 0.29) is 23.6 Å². The second-order valence-corrected chi connectivity index (χ2v) is 7.88. The van der Waals surface area contributed by atoms with E-state index in [0.717, 1.165) is 36.2 Å². The number of rotatable bonds is 4. The van der Waals surface area contributed by atoms with Crippen molar-refractivity contribution < 1.29 is 13.6 Å². The average molecular weight is 397 g/mol. The van der Waals surface area contributed by atoms with E-state index in [2.05, 4.69) is 16.9 Å². The van der Waals surface area contributed by atoms with E-state index in [4.69, 9.17) is 0 Å². The molecule has 0 spiro atoms. The standard InChI is InChI=1S/C23H25F2N3O/c1-16-4-2-3-13-27(16)15-23(29)28-22(18-7-11-20(25)12-8-18)14-21(26-28)17-5-9-19(24)10-6-17/h5-12,16,22H,2-4,13-15H2,1H3. The van der Waals surface area contributed by atoms with Crippen molar-refractivity contribution >= 4 is 11.6 Å². The van der Waals surface area contributed by atoms with E-state index in [1.54, 1.807) is 24.3 Å². The van der Waals surface area contributed by atoms with Crippen LogP contribution in [0.1, 0.15) is 49.8 Å². The van der Waals surface area contributed by atoms with Gasteiger partial charge in [0, 0.05) is 12.5 Å². The van der Waals surface area contributed by atoms with Gasteiger partial charge < -0.3 is 0 Å². The summed E-state index contributed by atoms with van der Waals surface area (Å²) in [6.45, 7) is 3.39. The number of carbonyl (C=O) groups excluding carboxylic acids is 1. The Morgan fingerprint density at radius 3 is 2.34 bits per heavy atom. The first-order valence-corrected chi connectivity index (χ1v) is 10.2. The fourth-order valence-corrected chi connectivity index (χ4v) is 4.14. The summed E-state index contributed by atoms with van der Waals surface area (Å²) in [5, 5.41) is 6.15. The molecule has 152 valence electrons. The number of hydrogen-bond donors (Lipinski definition) is 0. The number of carbonyl (C=O) groups is 1. The number of halogens is 2. The minimum Gasteiger partial charge on any atom is -0.292 e. The molecule has 2 atom stereocenters. The highest BCUT2D eigenvalue weighted by molar-refractivity contribution is 6.03. The van der Waals surface area contributed by atoms with Gasteiger partial charge in [-0.15, -0.1) is 0 Å². The molecule has 6 heteroatoms. The molecule has 2 aliphatic heterocycles. The Balaban J connectivity index is 1.60. The van der Waals surface area contributed by atoms with Gasteiger partial charge in [0.25, 0.3) is 5.91 Å². The van der Waals surface area contributed by atoms with E-state index in [1.807, 2.05) is 0 Å². The molecule has 1 fully saturated rings. The highest BCUT2D eigenvalue weighted by atomic mass is 19.1. The molecule has 4 rings (SSSR count). The quantitative estimate of drug-likeness (QED) is 0.761. The lowest BCUT2D eigenvalue weighted by atomic mass is 9.98. The number of piperidine rings is 1. The van der Waals surface area contributed by atoms with Gasteiger partial charge in [-0.1, -0.05) is 30.7 Å². The molecule has 2 aromatic rings. The Kier molecular flexibility index (Phi) is 5.72. The largest absolute Gasteiger partial charge is 0.292 e. The molecule has 1 saturated heterocycles. The van der Waals surface area contributed by atoms with Crippen LogP contribution in [-0.2, 0) is 4.79 Å².